The summed E-state index contributed by atoms with van der Waals surface area (Å²) in [5.74, 6) is 1.10. The normalized spacial score (nSPS) is 16.1. The molecule has 0 bridgehead atoms. The monoisotopic (exact) mass is 234 g/mol. The van der Waals surface area contributed by atoms with Crippen LogP contribution in [0.1, 0.15) is 26.3 Å². The maximum atomic E-state index is 4.42. The van der Waals surface area contributed by atoms with Gasteiger partial charge in [-0.2, -0.15) is 0 Å². The Hall–Kier alpha value is -0.960. The number of rotatable bonds is 1. The molecular formula is C13H18N2S. The third-order valence-electron chi connectivity index (χ3n) is 2.56. The van der Waals surface area contributed by atoms with Crippen molar-refractivity contribution < 1.29 is 0 Å². The average Bonchev–Trinajstić information content (AvgIpc) is 2.70. The van der Waals surface area contributed by atoms with Crippen molar-refractivity contribution in [2.75, 3.05) is 17.6 Å². The van der Waals surface area contributed by atoms with E-state index in [0.29, 0.717) is 0 Å². The number of hydrogen-bond donors (Lipinski definition) is 1. The van der Waals surface area contributed by atoms with Gasteiger partial charge in [0.2, 0.25) is 0 Å². The summed E-state index contributed by atoms with van der Waals surface area (Å²) in [6.45, 7) is 7.63. The Balaban J connectivity index is 2.26. The van der Waals surface area contributed by atoms with Gasteiger partial charge in [0.15, 0.2) is 5.17 Å². The van der Waals surface area contributed by atoms with E-state index >= 15 is 0 Å². The molecule has 0 fully saturated rings. The summed E-state index contributed by atoms with van der Waals surface area (Å²) in [5.41, 5.74) is 2.68. The average molecular weight is 234 g/mol. The molecule has 86 valence electrons. The molecular weight excluding hydrogens is 216 g/mol. The lowest BCUT2D eigenvalue weighted by atomic mass is 9.86. The Morgan fingerprint density at radius 1 is 1.25 bits per heavy atom. The van der Waals surface area contributed by atoms with E-state index in [4.69, 9.17) is 0 Å². The molecule has 0 aromatic heterocycles. The number of amidine groups is 1. The molecule has 1 aromatic rings. The lowest BCUT2D eigenvalue weighted by Gasteiger charge is -2.23. The zero-order valence-corrected chi connectivity index (χ0v) is 10.9. The molecule has 0 aliphatic carbocycles. The number of hydrogen-bond acceptors (Lipinski definition) is 3. The third kappa shape index (κ3) is 2.59. The van der Waals surface area contributed by atoms with E-state index in [0.717, 1.165) is 17.5 Å². The lowest BCUT2D eigenvalue weighted by Crippen LogP contribution is -2.16. The Bertz CT molecular complexity index is 405. The van der Waals surface area contributed by atoms with Crippen LogP contribution in [0.5, 0.6) is 0 Å². The summed E-state index contributed by atoms with van der Waals surface area (Å²) in [4.78, 5) is 4.42. The maximum absolute atomic E-state index is 4.42. The molecule has 0 amide bonds. The molecule has 1 aromatic carbocycles. The molecule has 0 saturated carbocycles. The predicted molar refractivity (Wildman–Crippen MR) is 73.5 cm³/mol. The van der Waals surface area contributed by atoms with E-state index in [2.05, 4.69) is 55.3 Å². The van der Waals surface area contributed by atoms with Crippen molar-refractivity contribution in [3.05, 3.63) is 29.8 Å². The standard InChI is InChI=1S/C13H18N2S/c1-13(2,3)10-6-4-5-7-11(10)15-12-14-8-9-16-12/h4-7H,8-9H2,1-3H3,(H,14,15). The highest BCUT2D eigenvalue weighted by molar-refractivity contribution is 8.14. The van der Waals surface area contributed by atoms with Crippen LogP contribution in [0, 0.1) is 0 Å². The summed E-state index contributed by atoms with van der Waals surface area (Å²) >= 11 is 1.80. The molecule has 3 heteroatoms. The fraction of sp³-hybridized carbons (Fsp3) is 0.462. The van der Waals surface area contributed by atoms with Crippen LogP contribution in [0.25, 0.3) is 0 Å². The van der Waals surface area contributed by atoms with Crippen molar-refractivity contribution in [2.45, 2.75) is 26.2 Å². The van der Waals surface area contributed by atoms with Gasteiger partial charge in [-0.15, -0.1) is 0 Å². The van der Waals surface area contributed by atoms with Gasteiger partial charge in [-0.3, -0.25) is 4.99 Å². The number of nitrogens with zero attached hydrogens (tertiary/aromatic N) is 1. The van der Waals surface area contributed by atoms with Crippen LogP contribution >= 0.6 is 11.8 Å². The predicted octanol–water partition coefficient (Wildman–Crippen LogP) is 3.50. The number of thioether (sulfide) groups is 1. The van der Waals surface area contributed by atoms with Crippen molar-refractivity contribution in [1.29, 1.82) is 0 Å². The van der Waals surface area contributed by atoms with Gasteiger partial charge in [0.05, 0.1) is 6.54 Å². The SMILES string of the molecule is CC(C)(C)c1ccccc1NC1=NCCS1. The van der Waals surface area contributed by atoms with Crippen LogP contribution in [0.15, 0.2) is 29.3 Å². The molecule has 1 aliphatic heterocycles. The number of anilines is 1. The van der Waals surface area contributed by atoms with Crippen molar-refractivity contribution >= 4 is 22.6 Å². The summed E-state index contributed by atoms with van der Waals surface area (Å²) < 4.78 is 0. The molecule has 1 N–H and O–H groups in total. The minimum absolute atomic E-state index is 0.160. The first kappa shape index (κ1) is 11.5. The minimum atomic E-state index is 0.160. The molecule has 16 heavy (non-hydrogen) atoms. The van der Waals surface area contributed by atoms with Gasteiger partial charge in [0, 0.05) is 11.4 Å². The maximum Gasteiger partial charge on any atom is 0.161 e. The van der Waals surface area contributed by atoms with Gasteiger partial charge in [0.1, 0.15) is 0 Å². The second-order valence-electron chi connectivity index (χ2n) is 4.96. The van der Waals surface area contributed by atoms with Crippen LogP contribution < -0.4 is 5.32 Å². The Labute approximate surface area is 102 Å². The fourth-order valence-electron chi connectivity index (χ4n) is 1.77. The number of para-hydroxylation sites is 1. The molecule has 0 spiro atoms. The van der Waals surface area contributed by atoms with E-state index in [1.54, 1.807) is 11.8 Å². The molecule has 0 atom stereocenters. The summed E-state index contributed by atoms with van der Waals surface area (Å²) in [5, 5.41) is 4.48. The van der Waals surface area contributed by atoms with E-state index in [-0.39, 0.29) is 5.41 Å². The van der Waals surface area contributed by atoms with E-state index in [1.165, 1.54) is 11.3 Å². The molecule has 0 saturated heterocycles. The highest BCUT2D eigenvalue weighted by Crippen LogP contribution is 2.30. The molecule has 2 nitrogen and oxygen atoms in total. The smallest absolute Gasteiger partial charge is 0.161 e. The van der Waals surface area contributed by atoms with Crippen LogP contribution in [-0.4, -0.2) is 17.5 Å². The van der Waals surface area contributed by atoms with E-state index in [9.17, 15) is 0 Å². The van der Waals surface area contributed by atoms with Crippen molar-refractivity contribution in [1.82, 2.24) is 0 Å². The van der Waals surface area contributed by atoms with Gasteiger partial charge >= 0.3 is 0 Å². The van der Waals surface area contributed by atoms with Gasteiger partial charge in [-0.1, -0.05) is 50.7 Å². The minimum Gasteiger partial charge on any atom is -0.335 e. The first-order valence-corrected chi connectivity index (χ1v) is 6.60. The fourth-order valence-corrected chi connectivity index (χ4v) is 2.51. The quantitative estimate of drug-likeness (QED) is 0.804. The van der Waals surface area contributed by atoms with E-state index in [1.807, 2.05) is 0 Å². The van der Waals surface area contributed by atoms with Gasteiger partial charge < -0.3 is 5.32 Å². The summed E-state index contributed by atoms with van der Waals surface area (Å²) in [6, 6.07) is 8.47. The Morgan fingerprint density at radius 3 is 2.62 bits per heavy atom. The molecule has 0 unspecified atom stereocenters. The second-order valence-corrected chi connectivity index (χ2v) is 6.04. The molecule has 0 radical (unpaired) electrons. The molecule has 1 heterocycles. The van der Waals surface area contributed by atoms with Crippen molar-refractivity contribution in [2.24, 2.45) is 4.99 Å². The third-order valence-corrected chi connectivity index (χ3v) is 3.45. The van der Waals surface area contributed by atoms with Crippen LogP contribution in [0.3, 0.4) is 0 Å². The zero-order valence-electron chi connectivity index (χ0n) is 10.1. The number of benzene rings is 1. The highest BCUT2D eigenvalue weighted by atomic mass is 32.2. The summed E-state index contributed by atoms with van der Waals surface area (Å²) in [7, 11) is 0. The number of nitrogens with one attached hydrogen (secondary N) is 1. The van der Waals surface area contributed by atoms with Gasteiger partial charge in [-0.05, 0) is 17.0 Å². The van der Waals surface area contributed by atoms with Gasteiger partial charge in [0.25, 0.3) is 0 Å². The Kier molecular flexibility index (Phi) is 3.24. The van der Waals surface area contributed by atoms with Gasteiger partial charge in [-0.25, -0.2) is 0 Å². The first-order valence-electron chi connectivity index (χ1n) is 5.61. The first-order chi connectivity index (χ1) is 7.57. The lowest BCUT2D eigenvalue weighted by molar-refractivity contribution is 0.592. The van der Waals surface area contributed by atoms with Crippen LogP contribution in [0.4, 0.5) is 5.69 Å². The second kappa shape index (κ2) is 4.50. The summed E-state index contributed by atoms with van der Waals surface area (Å²) in [6.07, 6.45) is 0. The van der Waals surface area contributed by atoms with E-state index < -0.39 is 0 Å². The zero-order chi connectivity index (χ0) is 11.6. The van der Waals surface area contributed by atoms with Crippen LogP contribution in [0.2, 0.25) is 0 Å². The van der Waals surface area contributed by atoms with Crippen LogP contribution in [-0.2, 0) is 5.41 Å². The molecule has 1 aliphatic rings. The van der Waals surface area contributed by atoms with Crippen molar-refractivity contribution in [3.63, 3.8) is 0 Å². The molecule has 2 rings (SSSR count). The topological polar surface area (TPSA) is 24.4 Å². The largest absolute Gasteiger partial charge is 0.335 e. The Morgan fingerprint density at radius 2 is 2.00 bits per heavy atom. The highest BCUT2D eigenvalue weighted by Gasteiger charge is 2.18. The number of aliphatic imine (C=N–C) groups is 1. The van der Waals surface area contributed by atoms with Crippen molar-refractivity contribution in [3.8, 4) is 0 Å².